The van der Waals surface area contributed by atoms with Crippen molar-refractivity contribution in [3.05, 3.63) is 93.7 Å². The molecular formula is C27H24ClFN4O3S. The fourth-order valence-electron chi connectivity index (χ4n) is 4.57. The zero-order chi connectivity index (χ0) is 25.8. The molecule has 1 saturated heterocycles. The number of amides is 1. The quantitative estimate of drug-likeness (QED) is 0.293. The summed E-state index contributed by atoms with van der Waals surface area (Å²) in [6.45, 7) is 0.486. The monoisotopic (exact) mass is 538 g/mol. The third-order valence-electron chi connectivity index (χ3n) is 6.29. The molecule has 0 spiro atoms. The van der Waals surface area contributed by atoms with Crippen molar-refractivity contribution in [3.8, 4) is 11.5 Å². The second-order valence-corrected chi connectivity index (χ2v) is 10.8. The van der Waals surface area contributed by atoms with Crippen LogP contribution in [0.25, 0.3) is 0 Å². The Morgan fingerprint density at radius 1 is 1.00 bits per heavy atom. The first kappa shape index (κ1) is 25.1. The Morgan fingerprint density at radius 2 is 1.68 bits per heavy atom. The second kappa shape index (κ2) is 11.2. The lowest BCUT2D eigenvalue weighted by atomic mass is 9.96. The minimum atomic E-state index is -0.515. The molecule has 10 heteroatoms. The summed E-state index contributed by atoms with van der Waals surface area (Å²) in [6.07, 6.45) is 4.60. The van der Waals surface area contributed by atoms with Crippen molar-refractivity contribution < 1.29 is 18.7 Å². The maximum atomic E-state index is 13.4. The van der Waals surface area contributed by atoms with Gasteiger partial charge >= 0.3 is 0 Å². The number of carbonyl (C=O) groups is 2. The van der Waals surface area contributed by atoms with Gasteiger partial charge in [-0.3, -0.25) is 9.59 Å². The summed E-state index contributed by atoms with van der Waals surface area (Å²) in [6, 6.07) is 16.3. The second-order valence-electron chi connectivity index (χ2n) is 8.98. The average molecular weight is 539 g/mol. The highest BCUT2D eigenvalue weighted by molar-refractivity contribution is 7.16. The van der Waals surface area contributed by atoms with Crippen LogP contribution in [-0.2, 0) is 29.0 Å². The lowest BCUT2D eigenvalue weighted by Crippen LogP contribution is -2.43. The van der Waals surface area contributed by atoms with Gasteiger partial charge < -0.3 is 9.64 Å². The molecule has 3 heterocycles. The largest absolute Gasteiger partial charge is 0.457 e. The van der Waals surface area contributed by atoms with Gasteiger partial charge in [-0.25, -0.2) is 4.39 Å². The van der Waals surface area contributed by atoms with Crippen molar-refractivity contribution in [2.24, 2.45) is 5.92 Å². The Bertz CT molecular complexity index is 1360. The number of aromatic nitrogens is 3. The minimum absolute atomic E-state index is 0.0102. The van der Waals surface area contributed by atoms with Crippen LogP contribution in [0.15, 0.2) is 73.1 Å². The lowest BCUT2D eigenvalue weighted by molar-refractivity contribution is -0.138. The van der Waals surface area contributed by atoms with Crippen LogP contribution in [0, 0.1) is 11.7 Å². The van der Waals surface area contributed by atoms with Crippen molar-refractivity contribution >= 4 is 34.6 Å². The average Bonchev–Trinajstić information content (AvgIpc) is 3.64. The number of ether oxygens (including phenoxy) is 1. The summed E-state index contributed by atoms with van der Waals surface area (Å²) in [7, 11) is 0. The molecule has 0 saturated carbocycles. The number of rotatable bonds is 9. The van der Waals surface area contributed by atoms with E-state index in [9.17, 15) is 14.0 Å². The molecular weight excluding hydrogens is 515 g/mol. The highest BCUT2D eigenvalue weighted by Gasteiger charge is 2.39. The third-order valence-corrected chi connectivity index (χ3v) is 7.55. The molecule has 0 N–H and O–H groups in total. The fraction of sp³-hybridized carbons (Fsp3) is 0.259. The molecule has 37 heavy (non-hydrogen) atoms. The Kier molecular flexibility index (Phi) is 7.62. The number of halogens is 2. The molecule has 0 radical (unpaired) electrons. The van der Waals surface area contributed by atoms with Gasteiger partial charge in [0.25, 0.3) is 0 Å². The van der Waals surface area contributed by atoms with Crippen molar-refractivity contribution in [1.29, 1.82) is 0 Å². The smallest absolute Gasteiger partial charge is 0.246 e. The number of nitrogens with zero attached hydrogens (tertiary/aromatic N) is 4. The molecule has 7 nitrogen and oxygen atoms in total. The first-order valence-corrected chi connectivity index (χ1v) is 13.1. The van der Waals surface area contributed by atoms with E-state index in [4.69, 9.17) is 16.3 Å². The summed E-state index contributed by atoms with van der Waals surface area (Å²) in [5.41, 5.74) is 0.825. The number of thiophene rings is 1. The highest BCUT2D eigenvalue weighted by atomic mass is 35.5. The number of Topliss-reactive ketones (excluding diaryl/α,β-unsaturated/α-hetero) is 1. The number of benzene rings is 2. The van der Waals surface area contributed by atoms with E-state index in [1.54, 1.807) is 29.2 Å². The molecule has 4 aromatic rings. The summed E-state index contributed by atoms with van der Waals surface area (Å²) in [4.78, 5) is 30.7. The van der Waals surface area contributed by atoms with E-state index in [-0.39, 0.29) is 36.4 Å². The number of carbonyl (C=O) groups excluding carboxylic acids is 2. The van der Waals surface area contributed by atoms with Gasteiger partial charge in [0, 0.05) is 17.8 Å². The van der Waals surface area contributed by atoms with Crippen molar-refractivity contribution in [3.63, 3.8) is 0 Å². The molecule has 2 aromatic carbocycles. The van der Waals surface area contributed by atoms with Crippen LogP contribution in [0.2, 0.25) is 4.34 Å². The Balaban J connectivity index is 1.26. The summed E-state index contributed by atoms with van der Waals surface area (Å²) in [5.74, 6) is 0.745. The molecule has 1 fully saturated rings. The Hall–Kier alpha value is -3.56. The van der Waals surface area contributed by atoms with Gasteiger partial charge in [-0.1, -0.05) is 23.7 Å². The van der Waals surface area contributed by atoms with Crippen LogP contribution < -0.4 is 4.74 Å². The van der Waals surface area contributed by atoms with Gasteiger partial charge in [0.1, 0.15) is 23.9 Å². The molecule has 0 unspecified atom stereocenters. The minimum Gasteiger partial charge on any atom is -0.457 e. The first-order valence-electron chi connectivity index (χ1n) is 11.9. The van der Waals surface area contributed by atoms with Crippen LogP contribution in [0.5, 0.6) is 11.5 Å². The molecule has 2 aromatic heterocycles. The molecule has 2 atom stereocenters. The third kappa shape index (κ3) is 6.42. The molecule has 190 valence electrons. The normalized spacial score (nSPS) is 17.2. The molecule has 0 bridgehead atoms. The van der Waals surface area contributed by atoms with Crippen LogP contribution in [0.1, 0.15) is 16.9 Å². The zero-order valence-corrected chi connectivity index (χ0v) is 21.4. The lowest BCUT2D eigenvalue weighted by Gasteiger charge is -2.23. The van der Waals surface area contributed by atoms with E-state index in [0.717, 1.165) is 21.2 Å². The van der Waals surface area contributed by atoms with Crippen LogP contribution in [-0.4, -0.2) is 44.2 Å². The van der Waals surface area contributed by atoms with E-state index in [0.29, 0.717) is 24.5 Å². The maximum Gasteiger partial charge on any atom is 0.246 e. The van der Waals surface area contributed by atoms with Crippen molar-refractivity contribution in [2.45, 2.75) is 31.8 Å². The van der Waals surface area contributed by atoms with Gasteiger partial charge in [-0.2, -0.15) is 15.0 Å². The number of ketones is 1. The fourth-order valence-corrected chi connectivity index (χ4v) is 5.77. The molecule has 0 aliphatic carbocycles. The van der Waals surface area contributed by atoms with E-state index < -0.39 is 6.04 Å². The summed E-state index contributed by atoms with van der Waals surface area (Å²) < 4.78 is 19.6. The van der Waals surface area contributed by atoms with Crippen molar-refractivity contribution in [2.75, 3.05) is 6.54 Å². The highest BCUT2D eigenvalue weighted by Crippen LogP contribution is 2.32. The van der Waals surface area contributed by atoms with Crippen LogP contribution >= 0.6 is 22.9 Å². The van der Waals surface area contributed by atoms with E-state index in [2.05, 4.69) is 10.2 Å². The van der Waals surface area contributed by atoms with Crippen LogP contribution in [0.4, 0.5) is 4.39 Å². The number of hydrogen-bond donors (Lipinski definition) is 0. The topological polar surface area (TPSA) is 77.3 Å². The molecule has 5 rings (SSSR count). The predicted octanol–water partition coefficient (Wildman–Crippen LogP) is 5.20. The van der Waals surface area contributed by atoms with E-state index in [1.807, 2.05) is 24.3 Å². The van der Waals surface area contributed by atoms with E-state index >= 15 is 0 Å². The Labute approximate surface area is 222 Å². The SMILES string of the molecule is O=C(Cc1ccc(Oc2ccc(F)cc2)cc1)[C@@H]1C[C@@H](Cc2ccc(Cl)s2)CN1C(=O)Cn1nccn1. The standard InChI is InChI=1S/C27H24ClFN4O3S/c28-26-10-9-23(37-26)13-19-14-24(32(16-19)27(35)17-33-30-11-12-31-33)25(34)15-18-1-5-21(6-2-18)36-22-7-3-20(29)4-8-22/h1-12,19,24H,13-17H2/t19-,24+/m1/s1. The maximum absolute atomic E-state index is 13.4. The number of hydrogen-bond acceptors (Lipinski definition) is 6. The molecule has 1 aliphatic rings. The Morgan fingerprint density at radius 3 is 2.32 bits per heavy atom. The molecule has 1 amide bonds. The van der Waals surface area contributed by atoms with Gasteiger partial charge in [-0.15, -0.1) is 11.3 Å². The zero-order valence-electron chi connectivity index (χ0n) is 19.8. The summed E-state index contributed by atoms with van der Waals surface area (Å²) in [5, 5.41) is 8.05. The van der Waals surface area contributed by atoms with Gasteiger partial charge in [0.2, 0.25) is 5.91 Å². The van der Waals surface area contributed by atoms with Gasteiger partial charge in [0.15, 0.2) is 5.78 Å². The first-order chi connectivity index (χ1) is 17.9. The van der Waals surface area contributed by atoms with Crippen LogP contribution in [0.3, 0.4) is 0 Å². The summed E-state index contributed by atoms with van der Waals surface area (Å²) >= 11 is 7.62. The number of likely N-dealkylation sites (tertiary alicyclic amines) is 1. The van der Waals surface area contributed by atoms with Gasteiger partial charge in [0.05, 0.1) is 22.8 Å². The molecule has 1 aliphatic heterocycles. The van der Waals surface area contributed by atoms with Gasteiger partial charge in [-0.05, 0) is 72.9 Å². The van der Waals surface area contributed by atoms with Crippen molar-refractivity contribution in [1.82, 2.24) is 19.9 Å². The van der Waals surface area contributed by atoms with E-state index in [1.165, 1.54) is 40.7 Å². The predicted molar refractivity (Wildman–Crippen MR) is 138 cm³/mol.